The van der Waals surface area contributed by atoms with Gasteiger partial charge in [-0.05, 0) is 11.1 Å². The average Bonchev–Trinajstić information content (AvgIpc) is 2.64. The van der Waals surface area contributed by atoms with Gasteiger partial charge in [0.25, 0.3) is 0 Å². The molecular formula is C19H23ClN2O2. The fraction of sp³-hybridized carbons (Fsp3) is 0.316. The molecule has 0 spiro atoms. The molecule has 0 radical (unpaired) electrons. The standard InChI is InChI=1S/C19H22N2O2.ClH/c22-19(18-14-20-11-12-23-18)21-13-17(15-7-3-1-4-8-15)16-9-5-2-6-10-16;/h1-10,17-18,20H,11-14H2,(H,21,22);1H. The van der Waals surface area contributed by atoms with Crippen molar-refractivity contribution in [2.75, 3.05) is 26.2 Å². The summed E-state index contributed by atoms with van der Waals surface area (Å²) in [4.78, 5) is 12.3. The van der Waals surface area contributed by atoms with E-state index in [1.54, 1.807) is 0 Å². The SMILES string of the molecule is Cl.O=C(NCC(c1ccccc1)c1ccccc1)C1CNCCO1. The normalized spacial score (nSPS) is 17.1. The van der Waals surface area contributed by atoms with Crippen LogP contribution in [0.3, 0.4) is 0 Å². The summed E-state index contributed by atoms with van der Waals surface area (Å²) in [5.74, 6) is 0.0898. The molecule has 0 aliphatic carbocycles. The summed E-state index contributed by atoms with van der Waals surface area (Å²) in [5.41, 5.74) is 2.39. The number of ether oxygens (including phenoxy) is 1. The molecule has 1 fully saturated rings. The molecule has 5 heteroatoms. The third-order valence-electron chi connectivity index (χ3n) is 4.10. The molecule has 0 saturated carbocycles. The highest BCUT2D eigenvalue weighted by Crippen LogP contribution is 2.23. The van der Waals surface area contributed by atoms with E-state index in [1.807, 2.05) is 36.4 Å². The number of halogens is 1. The van der Waals surface area contributed by atoms with Gasteiger partial charge in [-0.1, -0.05) is 60.7 Å². The van der Waals surface area contributed by atoms with E-state index < -0.39 is 6.10 Å². The number of hydrogen-bond acceptors (Lipinski definition) is 3. The highest BCUT2D eigenvalue weighted by atomic mass is 35.5. The molecule has 1 saturated heterocycles. The summed E-state index contributed by atoms with van der Waals surface area (Å²) >= 11 is 0. The first-order valence-electron chi connectivity index (χ1n) is 8.04. The first-order chi connectivity index (χ1) is 11.3. The minimum Gasteiger partial charge on any atom is -0.366 e. The van der Waals surface area contributed by atoms with Crippen LogP contribution in [0.2, 0.25) is 0 Å². The van der Waals surface area contributed by atoms with E-state index in [1.165, 1.54) is 11.1 Å². The van der Waals surface area contributed by atoms with Gasteiger partial charge in [0.1, 0.15) is 6.10 Å². The van der Waals surface area contributed by atoms with Crippen molar-refractivity contribution in [1.29, 1.82) is 0 Å². The van der Waals surface area contributed by atoms with Crippen molar-refractivity contribution in [2.45, 2.75) is 12.0 Å². The fourth-order valence-electron chi connectivity index (χ4n) is 2.85. The molecular weight excluding hydrogens is 324 g/mol. The molecule has 2 N–H and O–H groups in total. The second kappa shape index (κ2) is 9.42. The van der Waals surface area contributed by atoms with Crippen molar-refractivity contribution < 1.29 is 9.53 Å². The van der Waals surface area contributed by atoms with Crippen LogP contribution in [0.25, 0.3) is 0 Å². The minimum atomic E-state index is -0.393. The predicted octanol–water partition coefficient (Wildman–Crippen LogP) is 2.34. The number of benzene rings is 2. The number of carbonyl (C=O) groups is 1. The quantitative estimate of drug-likeness (QED) is 0.873. The summed E-state index contributed by atoms with van der Waals surface area (Å²) in [6.45, 7) is 2.53. The van der Waals surface area contributed by atoms with E-state index in [2.05, 4.69) is 34.9 Å². The van der Waals surface area contributed by atoms with Crippen molar-refractivity contribution in [3.8, 4) is 0 Å². The van der Waals surface area contributed by atoms with Gasteiger partial charge in [-0.3, -0.25) is 4.79 Å². The van der Waals surface area contributed by atoms with E-state index >= 15 is 0 Å². The summed E-state index contributed by atoms with van der Waals surface area (Å²) in [7, 11) is 0. The molecule has 1 unspecified atom stereocenters. The molecule has 24 heavy (non-hydrogen) atoms. The minimum absolute atomic E-state index is 0. The van der Waals surface area contributed by atoms with Gasteiger partial charge in [0.15, 0.2) is 0 Å². The zero-order chi connectivity index (χ0) is 15.9. The van der Waals surface area contributed by atoms with Crippen LogP contribution in [-0.2, 0) is 9.53 Å². The number of morpholine rings is 1. The molecule has 1 aliphatic rings. The van der Waals surface area contributed by atoms with Crippen LogP contribution in [0, 0.1) is 0 Å². The molecule has 1 amide bonds. The van der Waals surface area contributed by atoms with Gasteiger partial charge >= 0.3 is 0 Å². The largest absolute Gasteiger partial charge is 0.366 e. The van der Waals surface area contributed by atoms with E-state index in [4.69, 9.17) is 4.74 Å². The summed E-state index contributed by atoms with van der Waals surface area (Å²) in [6.07, 6.45) is -0.393. The maximum Gasteiger partial charge on any atom is 0.250 e. The first kappa shape index (κ1) is 18.5. The molecule has 1 aliphatic heterocycles. The van der Waals surface area contributed by atoms with E-state index in [9.17, 15) is 4.79 Å². The lowest BCUT2D eigenvalue weighted by molar-refractivity contribution is -0.134. The van der Waals surface area contributed by atoms with Crippen LogP contribution < -0.4 is 10.6 Å². The topological polar surface area (TPSA) is 50.4 Å². The van der Waals surface area contributed by atoms with Crippen LogP contribution in [0.1, 0.15) is 17.0 Å². The van der Waals surface area contributed by atoms with Crippen molar-refractivity contribution in [3.63, 3.8) is 0 Å². The maximum absolute atomic E-state index is 12.3. The van der Waals surface area contributed by atoms with Crippen LogP contribution in [0.5, 0.6) is 0 Å². The van der Waals surface area contributed by atoms with E-state index in [-0.39, 0.29) is 24.2 Å². The fourth-order valence-corrected chi connectivity index (χ4v) is 2.85. The van der Waals surface area contributed by atoms with Gasteiger partial charge in [-0.2, -0.15) is 0 Å². The Labute approximate surface area is 149 Å². The third kappa shape index (κ3) is 4.81. The molecule has 1 heterocycles. The van der Waals surface area contributed by atoms with Crippen molar-refractivity contribution >= 4 is 18.3 Å². The van der Waals surface area contributed by atoms with E-state index in [0.29, 0.717) is 19.7 Å². The summed E-state index contributed by atoms with van der Waals surface area (Å²) in [6, 6.07) is 20.5. The lowest BCUT2D eigenvalue weighted by Gasteiger charge is -2.24. The lowest BCUT2D eigenvalue weighted by atomic mass is 9.91. The summed E-state index contributed by atoms with van der Waals surface area (Å²) in [5, 5.41) is 6.23. The second-order valence-electron chi connectivity index (χ2n) is 5.68. The number of hydrogen-bond donors (Lipinski definition) is 2. The van der Waals surface area contributed by atoms with Crippen molar-refractivity contribution in [3.05, 3.63) is 71.8 Å². The van der Waals surface area contributed by atoms with Gasteiger partial charge in [0.2, 0.25) is 5.91 Å². The van der Waals surface area contributed by atoms with Gasteiger partial charge in [0.05, 0.1) is 6.61 Å². The van der Waals surface area contributed by atoms with Crippen LogP contribution in [0.4, 0.5) is 0 Å². The highest BCUT2D eigenvalue weighted by Gasteiger charge is 2.23. The Morgan fingerprint density at radius 2 is 1.67 bits per heavy atom. The second-order valence-corrected chi connectivity index (χ2v) is 5.68. The molecule has 2 aromatic rings. The van der Waals surface area contributed by atoms with Gasteiger partial charge in [-0.15, -0.1) is 12.4 Å². The molecule has 0 bridgehead atoms. The average molecular weight is 347 g/mol. The smallest absolute Gasteiger partial charge is 0.250 e. The molecule has 2 aromatic carbocycles. The zero-order valence-electron chi connectivity index (χ0n) is 13.5. The number of rotatable bonds is 5. The molecule has 3 rings (SSSR count). The molecule has 1 atom stereocenters. The lowest BCUT2D eigenvalue weighted by Crippen LogP contribution is -2.48. The number of nitrogens with one attached hydrogen (secondary N) is 2. The Balaban J connectivity index is 0.00000208. The molecule has 4 nitrogen and oxygen atoms in total. The van der Waals surface area contributed by atoms with Crippen LogP contribution in [-0.4, -0.2) is 38.3 Å². The summed E-state index contributed by atoms with van der Waals surface area (Å²) < 4.78 is 5.51. The Bertz CT molecular complexity index is 576. The first-order valence-corrected chi connectivity index (χ1v) is 8.04. The Morgan fingerprint density at radius 1 is 1.08 bits per heavy atom. The van der Waals surface area contributed by atoms with Gasteiger partial charge < -0.3 is 15.4 Å². The Morgan fingerprint density at radius 3 is 2.17 bits per heavy atom. The zero-order valence-corrected chi connectivity index (χ0v) is 14.3. The number of amides is 1. The Kier molecular flexibility index (Phi) is 7.25. The van der Waals surface area contributed by atoms with E-state index in [0.717, 1.165) is 6.54 Å². The van der Waals surface area contributed by atoms with Crippen molar-refractivity contribution in [2.24, 2.45) is 0 Å². The maximum atomic E-state index is 12.3. The van der Waals surface area contributed by atoms with Gasteiger partial charge in [0, 0.05) is 25.6 Å². The monoisotopic (exact) mass is 346 g/mol. The van der Waals surface area contributed by atoms with Crippen molar-refractivity contribution in [1.82, 2.24) is 10.6 Å². The van der Waals surface area contributed by atoms with Crippen LogP contribution in [0.15, 0.2) is 60.7 Å². The predicted molar refractivity (Wildman–Crippen MR) is 97.6 cm³/mol. The van der Waals surface area contributed by atoms with Crippen LogP contribution >= 0.6 is 12.4 Å². The molecule has 128 valence electrons. The Hall–Kier alpha value is -1.88. The van der Waals surface area contributed by atoms with Gasteiger partial charge in [-0.25, -0.2) is 0 Å². The third-order valence-corrected chi connectivity index (χ3v) is 4.10. The highest BCUT2D eigenvalue weighted by molar-refractivity contribution is 5.85. The number of carbonyl (C=O) groups excluding carboxylic acids is 1. The molecule has 0 aromatic heterocycles.